The largest absolute Gasteiger partial charge is 0.314 e. The van der Waals surface area contributed by atoms with Crippen molar-refractivity contribution in [3.05, 3.63) is 0 Å². The number of rotatable bonds is 8. The topological polar surface area (TPSA) is 12.0 Å². The average Bonchev–Trinajstić information content (AvgIpc) is 2.52. The van der Waals surface area contributed by atoms with Gasteiger partial charge in [0.1, 0.15) is 0 Å². The second-order valence-electron chi connectivity index (χ2n) is 7.47. The molecule has 2 aliphatic rings. The van der Waals surface area contributed by atoms with E-state index in [4.69, 9.17) is 0 Å². The lowest BCUT2D eigenvalue weighted by Crippen LogP contribution is -2.33. The fraction of sp³-hybridized carbons (Fsp3) is 1.00. The summed E-state index contributed by atoms with van der Waals surface area (Å²) in [5.41, 5.74) is 0. The second-order valence-corrected chi connectivity index (χ2v) is 7.47. The first-order valence-electron chi connectivity index (χ1n) is 9.62. The highest BCUT2D eigenvalue weighted by molar-refractivity contribution is 4.77. The summed E-state index contributed by atoms with van der Waals surface area (Å²) in [6.45, 7) is 3.52. The van der Waals surface area contributed by atoms with Gasteiger partial charge >= 0.3 is 0 Å². The van der Waals surface area contributed by atoms with E-state index < -0.39 is 0 Å². The van der Waals surface area contributed by atoms with Crippen LogP contribution in [0.1, 0.15) is 96.8 Å². The van der Waals surface area contributed by atoms with Crippen LogP contribution in [0.25, 0.3) is 0 Å². The van der Waals surface area contributed by atoms with Crippen molar-refractivity contribution in [2.24, 2.45) is 11.8 Å². The van der Waals surface area contributed by atoms with Crippen molar-refractivity contribution >= 4 is 0 Å². The van der Waals surface area contributed by atoms with Crippen LogP contribution in [0, 0.1) is 11.8 Å². The van der Waals surface area contributed by atoms with Gasteiger partial charge < -0.3 is 5.32 Å². The quantitative estimate of drug-likeness (QED) is 0.602. The molecule has 0 aliphatic heterocycles. The molecule has 0 heterocycles. The molecular formula is C19H37N. The maximum atomic E-state index is 3.86. The Morgan fingerprint density at radius 2 is 1.45 bits per heavy atom. The molecule has 0 spiro atoms. The smallest absolute Gasteiger partial charge is 0.00698 e. The van der Waals surface area contributed by atoms with Gasteiger partial charge in [-0.2, -0.15) is 0 Å². The van der Waals surface area contributed by atoms with Crippen molar-refractivity contribution in [3.8, 4) is 0 Å². The van der Waals surface area contributed by atoms with E-state index in [1.807, 2.05) is 0 Å². The standard InChI is InChI=1S/C19H37N/c1-2-15-20-19(16-18-11-7-4-8-12-18)14-13-17-9-5-3-6-10-17/h17-20H,2-16H2,1H3. The summed E-state index contributed by atoms with van der Waals surface area (Å²) in [7, 11) is 0. The van der Waals surface area contributed by atoms with Crippen LogP contribution in [-0.2, 0) is 0 Å². The Kier molecular flexibility index (Phi) is 8.02. The first-order chi connectivity index (χ1) is 9.88. The molecule has 1 unspecified atom stereocenters. The Morgan fingerprint density at radius 1 is 0.850 bits per heavy atom. The summed E-state index contributed by atoms with van der Waals surface area (Å²) in [5.74, 6) is 2.09. The van der Waals surface area contributed by atoms with Crippen LogP contribution in [0.4, 0.5) is 0 Å². The van der Waals surface area contributed by atoms with Crippen molar-refractivity contribution in [3.63, 3.8) is 0 Å². The Balaban J connectivity index is 1.70. The van der Waals surface area contributed by atoms with Crippen LogP contribution in [0.3, 0.4) is 0 Å². The molecule has 1 atom stereocenters. The first-order valence-corrected chi connectivity index (χ1v) is 9.62. The normalized spacial score (nSPS) is 23.9. The zero-order valence-corrected chi connectivity index (χ0v) is 13.8. The predicted molar refractivity (Wildman–Crippen MR) is 89.1 cm³/mol. The predicted octanol–water partition coefficient (Wildman–Crippen LogP) is 5.69. The molecule has 118 valence electrons. The molecule has 0 aromatic heterocycles. The van der Waals surface area contributed by atoms with Crippen LogP contribution in [0.2, 0.25) is 0 Å². The summed E-state index contributed by atoms with van der Waals surface area (Å²) in [4.78, 5) is 0. The fourth-order valence-electron chi connectivity index (χ4n) is 4.39. The molecular weight excluding hydrogens is 242 g/mol. The van der Waals surface area contributed by atoms with E-state index in [1.54, 1.807) is 0 Å². The number of hydrogen-bond acceptors (Lipinski definition) is 1. The van der Waals surface area contributed by atoms with E-state index in [9.17, 15) is 0 Å². The lowest BCUT2D eigenvalue weighted by molar-refractivity contribution is 0.265. The molecule has 20 heavy (non-hydrogen) atoms. The molecule has 0 amide bonds. The van der Waals surface area contributed by atoms with Crippen molar-refractivity contribution in [2.45, 2.75) is 103 Å². The SMILES string of the molecule is CCCNC(CCC1CCCCC1)CC1CCCCC1. The fourth-order valence-corrected chi connectivity index (χ4v) is 4.39. The van der Waals surface area contributed by atoms with Gasteiger partial charge in [0.2, 0.25) is 0 Å². The Morgan fingerprint density at radius 3 is 2.05 bits per heavy atom. The summed E-state index contributed by atoms with van der Waals surface area (Å²) < 4.78 is 0. The van der Waals surface area contributed by atoms with Gasteiger partial charge in [-0.3, -0.25) is 0 Å². The molecule has 2 fully saturated rings. The van der Waals surface area contributed by atoms with Gasteiger partial charge in [0.05, 0.1) is 0 Å². The van der Waals surface area contributed by atoms with E-state index in [0.29, 0.717) is 0 Å². The molecule has 1 nitrogen and oxygen atoms in total. The van der Waals surface area contributed by atoms with Gasteiger partial charge in [-0.25, -0.2) is 0 Å². The Labute approximate surface area is 127 Å². The molecule has 0 bridgehead atoms. The Bertz CT molecular complexity index is 226. The van der Waals surface area contributed by atoms with E-state index in [1.165, 1.54) is 96.4 Å². The van der Waals surface area contributed by atoms with Crippen LogP contribution in [0.15, 0.2) is 0 Å². The minimum absolute atomic E-state index is 0.819. The molecule has 0 aromatic rings. The Hall–Kier alpha value is -0.0400. The molecule has 0 radical (unpaired) electrons. The lowest BCUT2D eigenvalue weighted by Gasteiger charge is -2.29. The number of hydrogen-bond donors (Lipinski definition) is 1. The third-order valence-electron chi connectivity index (χ3n) is 5.67. The summed E-state index contributed by atoms with van der Waals surface area (Å²) >= 11 is 0. The van der Waals surface area contributed by atoms with Crippen molar-refractivity contribution in [1.82, 2.24) is 5.32 Å². The third kappa shape index (κ3) is 6.16. The van der Waals surface area contributed by atoms with Crippen LogP contribution < -0.4 is 5.32 Å². The monoisotopic (exact) mass is 279 g/mol. The number of nitrogens with one attached hydrogen (secondary N) is 1. The first kappa shape index (κ1) is 16.3. The lowest BCUT2D eigenvalue weighted by atomic mass is 9.81. The second kappa shape index (κ2) is 9.82. The summed E-state index contributed by atoms with van der Waals surface area (Å²) in [6, 6.07) is 0.819. The van der Waals surface area contributed by atoms with Gasteiger partial charge in [0.15, 0.2) is 0 Å². The average molecular weight is 280 g/mol. The van der Waals surface area contributed by atoms with E-state index in [2.05, 4.69) is 12.2 Å². The third-order valence-corrected chi connectivity index (χ3v) is 5.67. The summed E-state index contributed by atoms with van der Waals surface area (Å²) in [5, 5.41) is 3.86. The molecule has 2 saturated carbocycles. The van der Waals surface area contributed by atoms with Gasteiger partial charge in [0, 0.05) is 6.04 Å². The van der Waals surface area contributed by atoms with Crippen LogP contribution in [-0.4, -0.2) is 12.6 Å². The maximum Gasteiger partial charge on any atom is 0.00698 e. The van der Waals surface area contributed by atoms with Gasteiger partial charge in [0.25, 0.3) is 0 Å². The molecule has 1 heteroatoms. The highest BCUT2D eigenvalue weighted by Gasteiger charge is 2.20. The van der Waals surface area contributed by atoms with Crippen molar-refractivity contribution < 1.29 is 0 Å². The highest BCUT2D eigenvalue weighted by Crippen LogP contribution is 2.31. The molecule has 2 rings (SSSR count). The zero-order valence-electron chi connectivity index (χ0n) is 13.8. The van der Waals surface area contributed by atoms with Crippen LogP contribution in [0.5, 0.6) is 0 Å². The molecule has 0 aromatic carbocycles. The van der Waals surface area contributed by atoms with E-state index in [-0.39, 0.29) is 0 Å². The molecule has 0 saturated heterocycles. The molecule has 1 N–H and O–H groups in total. The minimum Gasteiger partial charge on any atom is -0.314 e. The summed E-state index contributed by atoms with van der Waals surface area (Å²) in [6.07, 6.45) is 20.7. The van der Waals surface area contributed by atoms with E-state index >= 15 is 0 Å². The van der Waals surface area contributed by atoms with Gasteiger partial charge in [-0.15, -0.1) is 0 Å². The minimum atomic E-state index is 0.819. The van der Waals surface area contributed by atoms with E-state index in [0.717, 1.165) is 17.9 Å². The van der Waals surface area contributed by atoms with Crippen molar-refractivity contribution in [2.75, 3.05) is 6.54 Å². The highest BCUT2D eigenvalue weighted by atomic mass is 14.9. The van der Waals surface area contributed by atoms with Crippen LogP contribution >= 0.6 is 0 Å². The van der Waals surface area contributed by atoms with Gasteiger partial charge in [-0.1, -0.05) is 71.1 Å². The maximum absolute atomic E-state index is 3.86. The van der Waals surface area contributed by atoms with Gasteiger partial charge in [-0.05, 0) is 44.1 Å². The van der Waals surface area contributed by atoms with Crippen molar-refractivity contribution in [1.29, 1.82) is 0 Å². The molecule has 2 aliphatic carbocycles. The zero-order chi connectivity index (χ0) is 14.0.